The standard InChI is InChI=1S/C22H24F6N4O3S/c1-31(2)19(34)18(33)29-17-16(36-20(35)30-17)9-12-5-7-32(8-6-12)11-13-3-4-14(21(23,24)25)10-15(13)22(26,27)28/h3-4,9-10,12,18,33H,5-8,11H2,1-2H3,(H,29,30,35). The van der Waals surface area contributed by atoms with Gasteiger partial charge >= 0.3 is 12.4 Å². The van der Waals surface area contributed by atoms with Crippen molar-refractivity contribution < 1.29 is 41.0 Å². The Hall–Kier alpha value is -2.58. The number of nitrogens with one attached hydrogen (secondary N) is 1. The van der Waals surface area contributed by atoms with Gasteiger partial charge in [0.2, 0.25) is 6.23 Å². The summed E-state index contributed by atoms with van der Waals surface area (Å²) >= 11 is 0.855. The third-order valence-corrected chi connectivity index (χ3v) is 6.56. The molecule has 1 atom stereocenters. The van der Waals surface area contributed by atoms with Gasteiger partial charge in [-0.3, -0.25) is 14.5 Å². The van der Waals surface area contributed by atoms with Crippen LogP contribution in [0.1, 0.15) is 29.5 Å². The predicted molar refractivity (Wildman–Crippen MR) is 121 cm³/mol. The molecular weight excluding hydrogens is 514 g/mol. The summed E-state index contributed by atoms with van der Waals surface area (Å²) in [4.78, 5) is 30.9. The number of hydrogen-bond acceptors (Lipinski definition) is 6. The SMILES string of the molecule is CN(C)C(=O)C(O)N=C1NC(=O)SC1=CC1CCN(Cc2ccc(C(F)(F)F)cc2C(F)(F)F)CC1. The molecule has 1 unspecified atom stereocenters. The number of thioether (sulfide) groups is 1. The van der Waals surface area contributed by atoms with E-state index >= 15 is 0 Å². The molecule has 0 bridgehead atoms. The first-order valence-corrected chi connectivity index (χ1v) is 11.6. The Balaban J connectivity index is 1.68. The zero-order valence-corrected chi connectivity index (χ0v) is 20.1. The third-order valence-electron chi connectivity index (χ3n) is 5.73. The summed E-state index contributed by atoms with van der Waals surface area (Å²) in [7, 11) is 2.89. The number of amides is 2. The van der Waals surface area contributed by atoms with Crippen LogP contribution in [0.4, 0.5) is 31.1 Å². The molecule has 2 aliphatic rings. The van der Waals surface area contributed by atoms with E-state index < -0.39 is 40.9 Å². The summed E-state index contributed by atoms with van der Waals surface area (Å²) in [6.45, 7) is 0.608. The Bertz CT molecular complexity index is 1060. The van der Waals surface area contributed by atoms with Crippen molar-refractivity contribution in [2.45, 2.75) is 38.0 Å². The number of aliphatic hydroxyl groups excluding tert-OH is 1. The van der Waals surface area contributed by atoms with Gasteiger partial charge in [-0.15, -0.1) is 0 Å². The molecule has 36 heavy (non-hydrogen) atoms. The lowest BCUT2D eigenvalue weighted by Gasteiger charge is -2.31. The second-order valence-corrected chi connectivity index (χ2v) is 9.63. The number of halogens is 6. The largest absolute Gasteiger partial charge is 0.416 e. The second kappa shape index (κ2) is 10.8. The van der Waals surface area contributed by atoms with Crippen LogP contribution in [0.3, 0.4) is 0 Å². The number of carbonyl (C=O) groups excluding carboxylic acids is 2. The molecule has 0 spiro atoms. The van der Waals surface area contributed by atoms with Crippen LogP contribution in [0.25, 0.3) is 0 Å². The van der Waals surface area contributed by atoms with Gasteiger partial charge in [0.05, 0.1) is 16.0 Å². The van der Waals surface area contributed by atoms with Crippen LogP contribution in [0.5, 0.6) is 0 Å². The number of piperidine rings is 1. The predicted octanol–water partition coefficient (Wildman–Crippen LogP) is 4.08. The Morgan fingerprint density at radius 2 is 1.86 bits per heavy atom. The van der Waals surface area contributed by atoms with Crippen molar-refractivity contribution in [3.05, 3.63) is 45.9 Å². The van der Waals surface area contributed by atoms with Crippen LogP contribution in [0.2, 0.25) is 0 Å². The van der Waals surface area contributed by atoms with E-state index in [0.717, 1.165) is 22.7 Å². The van der Waals surface area contributed by atoms with Gasteiger partial charge in [0.1, 0.15) is 5.84 Å². The van der Waals surface area contributed by atoms with Crippen molar-refractivity contribution in [2.75, 3.05) is 27.2 Å². The van der Waals surface area contributed by atoms with Gasteiger partial charge in [0, 0.05) is 20.6 Å². The summed E-state index contributed by atoms with van der Waals surface area (Å²) in [5.41, 5.74) is -2.89. The number of benzene rings is 1. The summed E-state index contributed by atoms with van der Waals surface area (Å²) in [5, 5.41) is 12.0. The van der Waals surface area contributed by atoms with Crippen LogP contribution < -0.4 is 5.32 Å². The minimum Gasteiger partial charge on any atom is -0.364 e. The highest BCUT2D eigenvalue weighted by Gasteiger charge is 2.38. The van der Waals surface area contributed by atoms with E-state index in [2.05, 4.69) is 10.3 Å². The van der Waals surface area contributed by atoms with E-state index in [1.807, 2.05) is 0 Å². The van der Waals surface area contributed by atoms with Crippen molar-refractivity contribution >= 4 is 28.7 Å². The number of likely N-dealkylation sites (tertiary alicyclic amines) is 1. The summed E-state index contributed by atoms with van der Waals surface area (Å²) in [5.74, 6) is -0.657. The van der Waals surface area contributed by atoms with Crippen molar-refractivity contribution in [3.8, 4) is 0 Å². The number of alkyl halides is 6. The lowest BCUT2D eigenvalue weighted by atomic mass is 9.95. The maximum atomic E-state index is 13.4. The van der Waals surface area contributed by atoms with Gasteiger partial charge < -0.3 is 15.3 Å². The smallest absolute Gasteiger partial charge is 0.364 e. The highest BCUT2D eigenvalue weighted by atomic mass is 32.2. The molecule has 1 aromatic carbocycles. The van der Waals surface area contributed by atoms with Gasteiger partial charge in [-0.25, -0.2) is 4.99 Å². The molecule has 1 aromatic rings. The van der Waals surface area contributed by atoms with Gasteiger partial charge in [-0.1, -0.05) is 12.1 Å². The topological polar surface area (TPSA) is 85.2 Å². The lowest BCUT2D eigenvalue weighted by molar-refractivity contribution is -0.143. The number of rotatable bonds is 5. The number of aliphatic imine (C=N–C) groups is 1. The van der Waals surface area contributed by atoms with E-state index in [4.69, 9.17) is 0 Å². The Morgan fingerprint density at radius 3 is 2.42 bits per heavy atom. The van der Waals surface area contributed by atoms with Crippen molar-refractivity contribution in [3.63, 3.8) is 0 Å². The second-order valence-electron chi connectivity index (χ2n) is 8.61. The fourth-order valence-electron chi connectivity index (χ4n) is 3.84. The molecule has 2 heterocycles. The van der Waals surface area contributed by atoms with Gasteiger partial charge in [-0.05, 0) is 61.3 Å². The lowest BCUT2D eigenvalue weighted by Crippen LogP contribution is -2.34. The van der Waals surface area contributed by atoms with E-state index in [-0.39, 0.29) is 29.9 Å². The van der Waals surface area contributed by atoms with E-state index in [9.17, 15) is 41.0 Å². The molecule has 2 aliphatic heterocycles. The van der Waals surface area contributed by atoms with E-state index in [1.54, 1.807) is 11.0 Å². The molecule has 2 N–H and O–H groups in total. The minimum atomic E-state index is -4.92. The van der Waals surface area contributed by atoms with Crippen LogP contribution in [-0.2, 0) is 23.7 Å². The monoisotopic (exact) mass is 538 g/mol. The molecule has 0 aliphatic carbocycles. The normalized spacial score (nSPS) is 21.2. The number of carbonyl (C=O) groups is 2. The average Bonchev–Trinajstić information content (AvgIpc) is 3.11. The van der Waals surface area contributed by atoms with Crippen molar-refractivity contribution in [2.24, 2.45) is 10.9 Å². The van der Waals surface area contributed by atoms with E-state index in [1.165, 1.54) is 14.1 Å². The highest BCUT2D eigenvalue weighted by molar-refractivity contribution is 8.18. The molecule has 2 fully saturated rings. The minimum absolute atomic E-state index is 0.0574. The molecule has 2 saturated heterocycles. The zero-order chi connectivity index (χ0) is 26.8. The fourth-order valence-corrected chi connectivity index (χ4v) is 4.64. The maximum absolute atomic E-state index is 13.4. The number of amidine groups is 1. The molecule has 0 radical (unpaired) electrons. The first kappa shape index (κ1) is 28.0. The average molecular weight is 539 g/mol. The van der Waals surface area contributed by atoms with Crippen LogP contribution >= 0.6 is 11.8 Å². The number of likely N-dealkylation sites (N-methyl/N-ethyl adjacent to an activating group) is 1. The Labute approximate surface area is 207 Å². The molecule has 0 saturated carbocycles. The molecule has 0 aromatic heterocycles. The Morgan fingerprint density at radius 1 is 1.22 bits per heavy atom. The summed E-state index contributed by atoms with van der Waals surface area (Å²) < 4.78 is 79.0. The first-order chi connectivity index (χ1) is 16.6. The maximum Gasteiger partial charge on any atom is 0.416 e. The molecule has 14 heteroatoms. The third kappa shape index (κ3) is 7.01. The van der Waals surface area contributed by atoms with Gasteiger partial charge in [0.15, 0.2) is 0 Å². The fraction of sp³-hybridized carbons (Fsp3) is 0.500. The quantitative estimate of drug-likeness (QED) is 0.552. The number of nitrogens with zero attached hydrogens (tertiary/aromatic N) is 3. The van der Waals surface area contributed by atoms with Crippen molar-refractivity contribution in [1.82, 2.24) is 15.1 Å². The van der Waals surface area contributed by atoms with Gasteiger partial charge in [0.25, 0.3) is 11.1 Å². The number of aliphatic hydroxyl groups is 1. The Kier molecular flexibility index (Phi) is 8.41. The molecule has 2 amide bonds. The summed E-state index contributed by atoms with van der Waals surface area (Å²) in [6, 6.07) is 1.67. The van der Waals surface area contributed by atoms with Crippen LogP contribution in [0.15, 0.2) is 34.2 Å². The molecule has 3 rings (SSSR count). The molecule has 7 nitrogen and oxygen atoms in total. The van der Waals surface area contributed by atoms with Crippen LogP contribution in [-0.4, -0.2) is 65.3 Å². The molecular formula is C22H24F6N4O3S. The van der Waals surface area contributed by atoms with Crippen LogP contribution in [0, 0.1) is 5.92 Å². The highest BCUT2D eigenvalue weighted by Crippen LogP contribution is 2.38. The van der Waals surface area contributed by atoms with Gasteiger partial charge in [-0.2, -0.15) is 26.3 Å². The van der Waals surface area contributed by atoms with E-state index in [0.29, 0.717) is 36.9 Å². The number of hydrogen-bond donors (Lipinski definition) is 2. The molecule has 198 valence electrons. The summed E-state index contributed by atoms with van der Waals surface area (Å²) in [6.07, 6.45) is -8.68. The first-order valence-electron chi connectivity index (χ1n) is 10.8. The number of allylic oxidation sites excluding steroid dienone is 1. The zero-order valence-electron chi connectivity index (χ0n) is 19.3. The van der Waals surface area contributed by atoms with Crippen molar-refractivity contribution in [1.29, 1.82) is 0 Å².